The molecule has 108 valence electrons. The maximum absolute atomic E-state index is 14.1. The van der Waals surface area contributed by atoms with Crippen molar-refractivity contribution in [3.8, 4) is 0 Å². The summed E-state index contributed by atoms with van der Waals surface area (Å²) in [5.41, 5.74) is 0.0939. The van der Waals surface area contributed by atoms with Crippen molar-refractivity contribution in [3.05, 3.63) is 49.9 Å². The zero-order valence-electron chi connectivity index (χ0n) is 11.2. The van der Waals surface area contributed by atoms with Crippen LogP contribution < -0.4 is 5.32 Å². The fraction of sp³-hybridized carbons (Fsp3) is 0.357. The normalized spacial score (nSPS) is 12.7. The second kappa shape index (κ2) is 6.74. The highest BCUT2D eigenvalue weighted by molar-refractivity contribution is 9.10. The zero-order valence-corrected chi connectivity index (χ0v) is 13.6. The first-order valence-electron chi connectivity index (χ1n) is 6.31. The molecule has 0 amide bonds. The number of halogens is 3. The third-order valence-electron chi connectivity index (χ3n) is 2.98. The number of nitrogens with one attached hydrogen (secondary N) is 1. The summed E-state index contributed by atoms with van der Waals surface area (Å²) in [4.78, 5) is 5.19. The Bertz CT molecular complexity index is 601. The lowest BCUT2D eigenvalue weighted by Gasteiger charge is -2.17. The average molecular weight is 361 g/mol. The molecule has 1 heterocycles. The second-order valence-corrected chi connectivity index (χ2v) is 6.54. The van der Waals surface area contributed by atoms with Gasteiger partial charge >= 0.3 is 0 Å². The molecule has 0 aliphatic rings. The Kier molecular flexibility index (Phi) is 5.23. The predicted octanol–water partition coefficient (Wildman–Crippen LogP) is 4.39. The van der Waals surface area contributed by atoms with Crippen molar-refractivity contribution in [1.82, 2.24) is 10.3 Å². The first-order chi connectivity index (χ1) is 9.52. The van der Waals surface area contributed by atoms with Crippen LogP contribution in [-0.4, -0.2) is 11.5 Å². The highest BCUT2D eigenvalue weighted by Crippen LogP contribution is 2.28. The molecule has 0 saturated heterocycles. The Hall–Kier alpha value is -0.850. The highest BCUT2D eigenvalue weighted by Gasteiger charge is 2.20. The molecule has 1 aromatic carbocycles. The Morgan fingerprint density at radius 2 is 2.15 bits per heavy atom. The van der Waals surface area contributed by atoms with Gasteiger partial charge in [-0.2, -0.15) is 0 Å². The van der Waals surface area contributed by atoms with E-state index in [0.29, 0.717) is 0 Å². The molecule has 0 bridgehead atoms. The van der Waals surface area contributed by atoms with Crippen molar-refractivity contribution in [2.24, 2.45) is 0 Å². The van der Waals surface area contributed by atoms with E-state index >= 15 is 0 Å². The van der Waals surface area contributed by atoms with Gasteiger partial charge in [0.1, 0.15) is 11.6 Å². The fourth-order valence-electron chi connectivity index (χ4n) is 2.02. The number of nitrogens with zero attached hydrogens (tertiary/aromatic N) is 1. The molecule has 6 heteroatoms. The van der Waals surface area contributed by atoms with Crippen LogP contribution in [0.25, 0.3) is 0 Å². The predicted molar refractivity (Wildman–Crippen MR) is 81.0 cm³/mol. The molecule has 2 rings (SSSR count). The summed E-state index contributed by atoms with van der Waals surface area (Å²) in [6.45, 7) is 4.60. The Morgan fingerprint density at radius 1 is 1.40 bits per heavy atom. The van der Waals surface area contributed by atoms with E-state index in [1.54, 1.807) is 17.5 Å². The smallest absolute Gasteiger partial charge is 0.143 e. The molecule has 0 saturated carbocycles. The molecule has 0 radical (unpaired) electrons. The summed E-state index contributed by atoms with van der Waals surface area (Å²) >= 11 is 4.64. The van der Waals surface area contributed by atoms with Gasteiger partial charge in [0.15, 0.2) is 0 Å². The lowest BCUT2D eigenvalue weighted by atomic mass is 10.0. The van der Waals surface area contributed by atoms with Crippen LogP contribution in [0.5, 0.6) is 0 Å². The molecule has 1 unspecified atom stereocenters. The van der Waals surface area contributed by atoms with Crippen LogP contribution in [-0.2, 0) is 6.42 Å². The van der Waals surface area contributed by atoms with Gasteiger partial charge in [0.05, 0.1) is 9.48 Å². The Morgan fingerprint density at radius 3 is 2.75 bits per heavy atom. The molecule has 0 fully saturated rings. The summed E-state index contributed by atoms with van der Waals surface area (Å²) in [6, 6.07) is 2.53. The van der Waals surface area contributed by atoms with Crippen molar-refractivity contribution >= 4 is 27.3 Å². The van der Waals surface area contributed by atoms with Crippen molar-refractivity contribution in [1.29, 1.82) is 0 Å². The first-order valence-corrected chi connectivity index (χ1v) is 7.92. The van der Waals surface area contributed by atoms with Crippen LogP contribution in [0, 0.1) is 18.6 Å². The standard InChI is InChI=1S/C14H15BrF2N2S/c1-3-18-12(13-7-19-8(2)20-13)6-9-11(16)5-4-10(15)14(9)17/h4-5,7,12,18H,3,6H2,1-2H3. The molecule has 0 spiro atoms. The summed E-state index contributed by atoms with van der Waals surface area (Å²) in [6.07, 6.45) is 2.02. The van der Waals surface area contributed by atoms with E-state index in [1.807, 2.05) is 13.8 Å². The highest BCUT2D eigenvalue weighted by atomic mass is 79.9. The Balaban J connectivity index is 2.31. The summed E-state index contributed by atoms with van der Waals surface area (Å²) < 4.78 is 28.2. The molecule has 2 aromatic rings. The van der Waals surface area contributed by atoms with Gasteiger partial charge in [-0.25, -0.2) is 13.8 Å². The zero-order chi connectivity index (χ0) is 14.7. The van der Waals surface area contributed by atoms with Crippen molar-refractivity contribution in [3.63, 3.8) is 0 Å². The van der Waals surface area contributed by atoms with E-state index in [1.165, 1.54) is 12.1 Å². The van der Waals surface area contributed by atoms with Gasteiger partial charge < -0.3 is 5.32 Å². The number of aryl methyl sites for hydroxylation is 1. The van der Waals surface area contributed by atoms with E-state index < -0.39 is 11.6 Å². The first kappa shape index (κ1) is 15.5. The molecule has 1 N–H and O–H groups in total. The van der Waals surface area contributed by atoms with Gasteiger partial charge in [-0.15, -0.1) is 11.3 Å². The molecular formula is C14H15BrF2N2S. The van der Waals surface area contributed by atoms with Gasteiger partial charge in [-0.3, -0.25) is 0 Å². The molecule has 2 nitrogen and oxygen atoms in total. The molecule has 20 heavy (non-hydrogen) atoms. The summed E-state index contributed by atoms with van der Waals surface area (Å²) in [5, 5.41) is 4.20. The van der Waals surface area contributed by atoms with Crippen LogP contribution in [0.1, 0.15) is 28.4 Å². The lowest BCUT2D eigenvalue weighted by Crippen LogP contribution is -2.23. The van der Waals surface area contributed by atoms with Gasteiger partial charge in [0, 0.05) is 22.7 Å². The van der Waals surface area contributed by atoms with E-state index in [4.69, 9.17) is 0 Å². The quantitative estimate of drug-likeness (QED) is 0.800. The lowest BCUT2D eigenvalue weighted by molar-refractivity contribution is 0.501. The molecule has 1 atom stereocenters. The monoisotopic (exact) mass is 360 g/mol. The SMILES string of the molecule is CCNC(Cc1c(F)ccc(Br)c1F)c1cnc(C)s1. The van der Waals surface area contributed by atoms with E-state index in [0.717, 1.165) is 16.4 Å². The van der Waals surface area contributed by atoms with Crippen molar-refractivity contribution in [2.45, 2.75) is 26.3 Å². The van der Waals surface area contributed by atoms with Crippen LogP contribution in [0.3, 0.4) is 0 Å². The van der Waals surface area contributed by atoms with Gasteiger partial charge in [-0.1, -0.05) is 6.92 Å². The van der Waals surface area contributed by atoms with Gasteiger partial charge in [0.25, 0.3) is 0 Å². The minimum Gasteiger partial charge on any atom is -0.309 e. The number of hydrogen-bond donors (Lipinski definition) is 1. The molecule has 0 aliphatic heterocycles. The van der Waals surface area contributed by atoms with Crippen LogP contribution in [0.4, 0.5) is 8.78 Å². The van der Waals surface area contributed by atoms with Crippen LogP contribution in [0.15, 0.2) is 22.8 Å². The van der Waals surface area contributed by atoms with Crippen molar-refractivity contribution < 1.29 is 8.78 Å². The minimum absolute atomic E-state index is 0.0939. The third-order valence-corrected chi connectivity index (χ3v) is 4.62. The molecule has 0 aliphatic carbocycles. The maximum Gasteiger partial charge on any atom is 0.143 e. The number of thiazole rings is 1. The number of hydrogen-bond acceptors (Lipinski definition) is 3. The van der Waals surface area contributed by atoms with E-state index in [2.05, 4.69) is 26.2 Å². The molecular weight excluding hydrogens is 346 g/mol. The third kappa shape index (κ3) is 3.42. The van der Waals surface area contributed by atoms with E-state index in [-0.39, 0.29) is 22.5 Å². The maximum atomic E-state index is 14.1. The molecule has 1 aromatic heterocycles. The number of likely N-dealkylation sites (N-methyl/N-ethyl adjacent to an activating group) is 1. The average Bonchev–Trinajstić information content (AvgIpc) is 2.84. The van der Waals surface area contributed by atoms with Gasteiger partial charge in [0.2, 0.25) is 0 Å². The Labute approximate surface area is 129 Å². The minimum atomic E-state index is -0.533. The van der Waals surface area contributed by atoms with Crippen LogP contribution in [0.2, 0.25) is 0 Å². The van der Waals surface area contributed by atoms with Crippen LogP contribution >= 0.6 is 27.3 Å². The number of aromatic nitrogens is 1. The topological polar surface area (TPSA) is 24.9 Å². The number of rotatable bonds is 5. The summed E-state index contributed by atoms with van der Waals surface area (Å²) in [5.74, 6) is -1.05. The summed E-state index contributed by atoms with van der Waals surface area (Å²) in [7, 11) is 0. The van der Waals surface area contributed by atoms with Crippen molar-refractivity contribution in [2.75, 3.05) is 6.54 Å². The van der Waals surface area contributed by atoms with E-state index in [9.17, 15) is 8.78 Å². The number of benzene rings is 1. The fourth-order valence-corrected chi connectivity index (χ4v) is 3.25. The largest absolute Gasteiger partial charge is 0.309 e. The van der Waals surface area contributed by atoms with Gasteiger partial charge in [-0.05, 0) is 48.0 Å². The second-order valence-electron chi connectivity index (χ2n) is 4.42.